The smallest absolute Gasteiger partial charge is 0.466 e. The van der Waals surface area contributed by atoms with Crippen molar-refractivity contribution in [3.05, 3.63) is 29.3 Å². The van der Waals surface area contributed by atoms with E-state index in [-0.39, 0.29) is 23.6 Å². The van der Waals surface area contributed by atoms with Crippen molar-refractivity contribution in [3.8, 4) is 0 Å². The molecule has 0 unspecified atom stereocenters. The van der Waals surface area contributed by atoms with Crippen LogP contribution in [0.1, 0.15) is 45.7 Å². The van der Waals surface area contributed by atoms with Crippen LogP contribution in [-0.4, -0.2) is 30.9 Å². The summed E-state index contributed by atoms with van der Waals surface area (Å²) in [6.07, 6.45) is 0.265. The number of rotatable bonds is 4. The maximum atomic E-state index is 11.7. The van der Waals surface area contributed by atoms with Crippen molar-refractivity contribution in [1.82, 2.24) is 0 Å². The molecule has 0 aliphatic carbocycles. The minimum absolute atomic E-state index is 0.216. The summed E-state index contributed by atoms with van der Waals surface area (Å²) in [5, 5.41) is 0. The second-order valence-electron chi connectivity index (χ2n) is 6.76. The molecule has 5 heteroatoms. The molecule has 0 bridgehead atoms. The summed E-state index contributed by atoms with van der Waals surface area (Å²) in [7, 11) is -0.410. The van der Waals surface area contributed by atoms with Gasteiger partial charge in [0.2, 0.25) is 0 Å². The van der Waals surface area contributed by atoms with Crippen LogP contribution in [0.5, 0.6) is 0 Å². The fraction of sp³-hybridized carbons (Fsp3) is 0.588. The monoisotopic (exact) mass is 304 g/mol. The summed E-state index contributed by atoms with van der Waals surface area (Å²) in [5.74, 6) is -0.216. The molecule has 0 atom stereocenters. The molecule has 1 aromatic carbocycles. The lowest BCUT2D eigenvalue weighted by Gasteiger charge is -2.32. The molecule has 1 aliphatic rings. The lowest BCUT2D eigenvalue weighted by atomic mass is 9.75. The Labute approximate surface area is 133 Å². The minimum atomic E-state index is -0.410. The Morgan fingerprint density at radius 2 is 1.77 bits per heavy atom. The van der Waals surface area contributed by atoms with Gasteiger partial charge in [0, 0.05) is 0 Å². The summed E-state index contributed by atoms with van der Waals surface area (Å²) in [4.78, 5) is 11.7. The van der Waals surface area contributed by atoms with Crippen molar-refractivity contribution < 1.29 is 18.8 Å². The van der Waals surface area contributed by atoms with Crippen molar-refractivity contribution in [3.63, 3.8) is 0 Å². The SMILES string of the molecule is CCOC(=O)Cc1ccc(C)c(B2OC(C)(C)C(C)(C)O2)c1. The summed E-state index contributed by atoms with van der Waals surface area (Å²) < 4.78 is 17.2. The zero-order valence-corrected chi connectivity index (χ0v) is 14.4. The molecular weight excluding hydrogens is 279 g/mol. The predicted octanol–water partition coefficient (Wildman–Crippen LogP) is 2.40. The fourth-order valence-corrected chi connectivity index (χ4v) is 2.40. The van der Waals surface area contributed by atoms with E-state index in [0.717, 1.165) is 16.6 Å². The largest absolute Gasteiger partial charge is 0.495 e. The van der Waals surface area contributed by atoms with Crippen LogP contribution < -0.4 is 5.46 Å². The Bertz CT molecular complexity index is 550. The maximum Gasteiger partial charge on any atom is 0.495 e. The Morgan fingerprint density at radius 1 is 1.18 bits per heavy atom. The molecule has 0 radical (unpaired) electrons. The van der Waals surface area contributed by atoms with Crippen molar-refractivity contribution >= 4 is 18.6 Å². The summed E-state index contributed by atoms with van der Waals surface area (Å²) >= 11 is 0. The third kappa shape index (κ3) is 3.36. The van der Waals surface area contributed by atoms with E-state index in [9.17, 15) is 4.79 Å². The third-order valence-corrected chi connectivity index (χ3v) is 4.50. The number of ether oxygens (including phenoxy) is 1. The highest BCUT2D eigenvalue weighted by Crippen LogP contribution is 2.36. The molecule has 0 aromatic heterocycles. The Kier molecular flexibility index (Phi) is 4.69. The number of esters is 1. The van der Waals surface area contributed by atoms with Crippen LogP contribution >= 0.6 is 0 Å². The highest BCUT2D eigenvalue weighted by molar-refractivity contribution is 6.62. The van der Waals surface area contributed by atoms with Crippen LogP contribution in [0.25, 0.3) is 0 Å². The number of carbonyl (C=O) groups is 1. The van der Waals surface area contributed by atoms with Gasteiger partial charge in [0.05, 0.1) is 24.2 Å². The van der Waals surface area contributed by atoms with Crippen LogP contribution in [0.2, 0.25) is 0 Å². The van der Waals surface area contributed by atoms with E-state index in [1.807, 2.05) is 59.7 Å². The summed E-state index contributed by atoms with van der Waals surface area (Å²) in [6, 6.07) is 5.92. The lowest BCUT2D eigenvalue weighted by Crippen LogP contribution is -2.41. The van der Waals surface area contributed by atoms with Gasteiger partial charge in [-0.05, 0) is 52.6 Å². The van der Waals surface area contributed by atoms with Gasteiger partial charge in [-0.1, -0.05) is 23.8 Å². The molecule has 0 saturated carbocycles. The number of carbonyl (C=O) groups excluding carboxylic acids is 1. The zero-order chi connectivity index (χ0) is 16.5. The molecule has 4 nitrogen and oxygen atoms in total. The van der Waals surface area contributed by atoms with E-state index in [1.54, 1.807) is 0 Å². The number of hydrogen-bond acceptors (Lipinski definition) is 4. The van der Waals surface area contributed by atoms with Gasteiger partial charge in [-0.25, -0.2) is 0 Å². The predicted molar refractivity (Wildman–Crippen MR) is 87.2 cm³/mol. The Hall–Kier alpha value is -1.33. The topological polar surface area (TPSA) is 44.8 Å². The lowest BCUT2D eigenvalue weighted by molar-refractivity contribution is -0.142. The quantitative estimate of drug-likeness (QED) is 0.633. The standard InChI is InChI=1S/C17H25BO4/c1-7-20-15(19)11-13-9-8-12(2)14(10-13)18-21-16(3,4)17(5,6)22-18/h8-10H,7,11H2,1-6H3. The molecule has 0 N–H and O–H groups in total. The van der Waals surface area contributed by atoms with Crippen molar-refractivity contribution in [1.29, 1.82) is 0 Å². The third-order valence-electron chi connectivity index (χ3n) is 4.50. The first-order valence-corrected chi connectivity index (χ1v) is 7.77. The summed E-state index contributed by atoms with van der Waals surface area (Å²) in [5.41, 5.74) is 2.23. The number of benzene rings is 1. The second kappa shape index (κ2) is 6.05. The van der Waals surface area contributed by atoms with E-state index in [1.165, 1.54) is 0 Å². The van der Waals surface area contributed by atoms with Crippen LogP contribution in [0, 0.1) is 6.92 Å². The molecule has 120 valence electrons. The van der Waals surface area contributed by atoms with E-state index in [4.69, 9.17) is 14.0 Å². The molecule has 22 heavy (non-hydrogen) atoms. The van der Waals surface area contributed by atoms with E-state index in [2.05, 4.69) is 0 Å². The van der Waals surface area contributed by atoms with Crippen molar-refractivity contribution in [2.75, 3.05) is 6.61 Å². The first-order valence-electron chi connectivity index (χ1n) is 7.77. The van der Waals surface area contributed by atoms with Gasteiger partial charge in [-0.15, -0.1) is 0 Å². The van der Waals surface area contributed by atoms with Crippen molar-refractivity contribution in [2.24, 2.45) is 0 Å². The minimum Gasteiger partial charge on any atom is -0.466 e. The summed E-state index contributed by atoms with van der Waals surface area (Å²) in [6.45, 7) is 12.4. The van der Waals surface area contributed by atoms with Gasteiger partial charge in [0.15, 0.2) is 0 Å². The molecule has 2 rings (SSSR count). The van der Waals surface area contributed by atoms with Gasteiger partial charge in [-0.2, -0.15) is 0 Å². The Morgan fingerprint density at radius 3 is 2.32 bits per heavy atom. The number of aryl methyl sites for hydroxylation is 1. The highest BCUT2D eigenvalue weighted by Gasteiger charge is 2.52. The average molecular weight is 304 g/mol. The zero-order valence-electron chi connectivity index (χ0n) is 14.4. The average Bonchev–Trinajstić information content (AvgIpc) is 2.61. The first kappa shape index (κ1) is 17.0. The molecular formula is C17H25BO4. The number of hydrogen-bond donors (Lipinski definition) is 0. The van der Waals surface area contributed by atoms with Gasteiger partial charge in [0.1, 0.15) is 0 Å². The second-order valence-corrected chi connectivity index (χ2v) is 6.76. The normalized spacial score (nSPS) is 19.3. The molecule has 1 aliphatic heterocycles. The molecule has 1 heterocycles. The van der Waals surface area contributed by atoms with Gasteiger partial charge < -0.3 is 14.0 Å². The molecule has 1 aromatic rings. The van der Waals surface area contributed by atoms with E-state index >= 15 is 0 Å². The van der Waals surface area contributed by atoms with Gasteiger partial charge >= 0.3 is 13.1 Å². The Balaban J connectivity index is 2.23. The maximum absolute atomic E-state index is 11.7. The van der Waals surface area contributed by atoms with E-state index in [0.29, 0.717) is 6.61 Å². The van der Waals surface area contributed by atoms with Crippen LogP contribution in [0.4, 0.5) is 0 Å². The van der Waals surface area contributed by atoms with Gasteiger partial charge in [-0.3, -0.25) is 4.79 Å². The molecule has 1 saturated heterocycles. The fourth-order valence-electron chi connectivity index (χ4n) is 2.40. The van der Waals surface area contributed by atoms with Gasteiger partial charge in [0.25, 0.3) is 0 Å². The molecule has 0 spiro atoms. The van der Waals surface area contributed by atoms with Crippen LogP contribution in [0.15, 0.2) is 18.2 Å². The highest BCUT2D eigenvalue weighted by atomic mass is 16.7. The first-order chi connectivity index (χ1) is 10.2. The van der Waals surface area contributed by atoms with Crippen LogP contribution in [0.3, 0.4) is 0 Å². The van der Waals surface area contributed by atoms with Crippen LogP contribution in [-0.2, 0) is 25.3 Å². The van der Waals surface area contributed by atoms with Crippen molar-refractivity contribution in [2.45, 2.75) is 59.2 Å². The molecule has 0 amide bonds. The molecule has 1 fully saturated rings. The van der Waals surface area contributed by atoms with E-state index < -0.39 is 7.12 Å².